The fourth-order valence-corrected chi connectivity index (χ4v) is 2.98. The molecule has 1 aliphatic heterocycles. The average Bonchev–Trinajstić information content (AvgIpc) is 2.87. The zero-order valence-electron chi connectivity index (χ0n) is 13.9. The average molecular weight is 332 g/mol. The molecule has 1 unspecified atom stereocenters. The SMILES string of the molecule is Cc1nc(C(C)N2CCCN(C(=O)c3ccccc3F)CC2)no1. The van der Waals surface area contributed by atoms with Gasteiger partial charge in [-0.05, 0) is 25.5 Å². The zero-order valence-corrected chi connectivity index (χ0v) is 13.9. The van der Waals surface area contributed by atoms with Gasteiger partial charge in [0.05, 0.1) is 11.6 Å². The molecule has 0 radical (unpaired) electrons. The summed E-state index contributed by atoms with van der Waals surface area (Å²) >= 11 is 0. The summed E-state index contributed by atoms with van der Waals surface area (Å²) in [5.41, 5.74) is 0.132. The third-order valence-corrected chi connectivity index (χ3v) is 4.39. The van der Waals surface area contributed by atoms with Crippen LogP contribution in [-0.4, -0.2) is 52.0 Å². The molecule has 6 nitrogen and oxygen atoms in total. The molecule has 2 heterocycles. The number of rotatable bonds is 3. The molecular formula is C17H21FN4O2. The van der Waals surface area contributed by atoms with Gasteiger partial charge >= 0.3 is 0 Å². The first kappa shape index (κ1) is 16.6. The van der Waals surface area contributed by atoms with E-state index in [2.05, 4.69) is 15.0 Å². The lowest BCUT2D eigenvalue weighted by molar-refractivity contribution is 0.0753. The molecule has 7 heteroatoms. The first-order chi connectivity index (χ1) is 11.6. The van der Waals surface area contributed by atoms with Crippen LogP contribution in [0.25, 0.3) is 0 Å². The van der Waals surface area contributed by atoms with Crippen molar-refractivity contribution in [2.75, 3.05) is 26.2 Å². The highest BCUT2D eigenvalue weighted by Gasteiger charge is 2.26. The zero-order chi connectivity index (χ0) is 17.1. The highest BCUT2D eigenvalue weighted by Crippen LogP contribution is 2.20. The number of hydrogen-bond acceptors (Lipinski definition) is 5. The van der Waals surface area contributed by atoms with Crippen LogP contribution in [0.1, 0.15) is 41.5 Å². The van der Waals surface area contributed by atoms with Crippen LogP contribution < -0.4 is 0 Å². The molecule has 0 N–H and O–H groups in total. The molecule has 0 saturated carbocycles. The number of benzene rings is 1. The van der Waals surface area contributed by atoms with Gasteiger partial charge < -0.3 is 9.42 Å². The van der Waals surface area contributed by atoms with Gasteiger partial charge in [-0.3, -0.25) is 9.69 Å². The maximum atomic E-state index is 13.8. The van der Waals surface area contributed by atoms with Crippen molar-refractivity contribution >= 4 is 5.91 Å². The number of halogens is 1. The van der Waals surface area contributed by atoms with Crippen LogP contribution in [0.2, 0.25) is 0 Å². The fraction of sp³-hybridized carbons (Fsp3) is 0.471. The van der Waals surface area contributed by atoms with Crippen molar-refractivity contribution in [2.24, 2.45) is 0 Å². The van der Waals surface area contributed by atoms with Crippen molar-refractivity contribution in [3.8, 4) is 0 Å². The normalized spacial score (nSPS) is 17.5. The van der Waals surface area contributed by atoms with Crippen molar-refractivity contribution in [1.29, 1.82) is 0 Å². The predicted octanol–water partition coefficient (Wildman–Crippen LogP) is 2.43. The maximum absolute atomic E-state index is 13.8. The second-order valence-electron chi connectivity index (χ2n) is 6.01. The minimum absolute atomic E-state index is 0.0194. The van der Waals surface area contributed by atoms with Gasteiger partial charge in [0.1, 0.15) is 5.82 Å². The summed E-state index contributed by atoms with van der Waals surface area (Å²) in [6.07, 6.45) is 0.821. The van der Waals surface area contributed by atoms with Crippen molar-refractivity contribution in [1.82, 2.24) is 19.9 Å². The highest BCUT2D eigenvalue weighted by atomic mass is 19.1. The summed E-state index contributed by atoms with van der Waals surface area (Å²) in [6.45, 7) is 6.47. The third-order valence-electron chi connectivity index (χ3n) is 4.39. The van der Waals surface area contributed by atoms with Crippen molar-refractivity contribution < 1.29 is 13.7 Å². The van der Waals surface area contributed by atoms with Gasteiger partial charge in [-0.25, -0.2) is 4.39 Å². The fourth-order valence-electron chi connectivity index (χ4n) is 2.98. The van der Waals surface area contributed by atoms with Crippen LogP contribution in [0.5, 0.6) is 0 Å². The van der Waals surface area contributed by atoms with E-state index in [9.17, 15) is 9.18 Å². The van der Waals surface area contributed by atoms with E-state index in [-0.39, 0.29) is 17.5 Å². The smallest absolute Gasteiger partial charge is 0.256 e. The molecule has 1 fully saturated rings. The standard InChI is InChI=1S/C17H21FN4O2/c1-12(16-19-13(2)24-20-16)21-8-5-9-22(11-10-21)17(23)14-6-3-4-7-15(14)18/h3-4,6-7,12H,5,8-11H2,1-2H3. The molecule has 0 aliphatic carbocycles. The first-order valence-corrected chi connectivity index (χ1v) is 8.14. The number of hydrogen-bond donors (Lipinski definition) is 0. The Morgan fingerprint density at radius 2 is 2.04 bits per heavy atom. The van der Waals surface area contributed by atoms with E-state index in [0.29, 0.717) is 31.3 Å². The van der Waals surface area contributed by atoms with Crippen LogP contribution in [0, 0.1) is 12.7 Å². The predicted molar refractivity (Wildman–Crippen MR) is 85.9 cm³/mol. The lowest BCUT2D eigenvalue weighted by atomic mass is 10.2. The number of carbonyl (C=O) groups excluding carboxylic acids is 1. The molecule has 3 rings (SSSR count). The third kappa shape index (κ3) is 3.46. The Morgan fingerprint density at radius 3 is 2.75 bits per heavy atom. The van der Waals surface area contributed by atoms with Crippen LogP contribution in [-0.2, 0) is 0 Å². The molecule has 1 atom stereocenters. The molecule has 0 bridgehead atoms. The van der Waals surface area contributed by atoms with E-state index in [0.717, 1.165) is 13.0 Å². The quantitative estimate of drug-likeness (QED) is 0.864. The second-order valence-corrected chi connectivity index (χ2v) is 6.01. The molecule has 0 spiro atoms. The first-order valence-electron chi connectivity index (χ1n) is 8.14. The summed E-state index contributed by atoms with van der Waals surface area (Å²) in [5.74, 6) is 0.474. The Morgan fingerprint density at radius 1 is 1.25 bits per heavy atom. The van der Waals surface area contributed by atoms with Crippen LogP contribution in [0.3, 0.4) is 0 Å². The summed E-state index contributed by atoms with van der Waals surface area (Å²) in [6, 6.07) is 6.14. The minimum atomic E-state index is -0.473. The van der Waals surface area contributed by atoms with Gasteiger partial charge in [-0.15, -0.1) is 0 Å². The van der Waals surface area contributed by atoms with E-state index in [1.165, 1.54) is 12.1 Å². The Hall–Kier alpha value is -2.28. The molecule has 1 saturated heterocycles. The summed E-state index contributed by atoms with van der Waals surface area (Å²) in [7, 11) is 0. The van der Waals surface area contributed by atoms with Gasteiger partial charge in [-0.1, -0.05) is 17.3 Å². The van der Waals surface area contributed by atoms with E-state index in [1.807, 2.05) is 6.92 Å². The second kappa shape index (κ2) is 7.09. The summed E-state index contributed by atoms with van der Waals surface area (Å²) < 4.78 is 18.9. The molecule has 1 amide bonds. The number of amides is 1. The Kier molecular flexibility index (Phi) is 4.89. The van der Waals surface area contributed by atoms with Crippen LogP contribution in [0.4, 0.5) is 4.39 Å². The van der Waals surface area contributed by atoms with Gasteiger partial charge in [-0.2, -0.15) is 4.98 Å². The monoisotopic (exact) mass is 332 g/mol. The van der Waals surface area contributed by atoms with Crippen LogP contribution in [0.15, 0.2) is 28.8 Å². The number of nitrogens with zero attached hydrogens (tertiary/aromatic N) is 4. The van der Waals surface area contributed by atoms with E-state index < -0.39 is 5.82 Å². The highest BCUT2D eigenvalue weighted by molar-refractivity contribution is 5.94. The van der Waals surface area contributed by atoms with Crippen molar-refractivity contribution in [2.45, 2.75) is 26.3 Å². The van der Waals surface area contributed by atoms with Gasteiger partial charge in [0.25, 0.3) is 5.91 Å². The number of carbonyl (C=O) groups is 1. The Labute approximate surface area is 140 Å². The molecule has 128 valence electrons. The minimum Gasteiger partial charge on any atom is -0.340 e. The molecule has 1 aliphatic rings. The molecule has 2 aromatic rings. The largest absolute Gasteiger partial charge is 0.340 e. The van der Waals surface area contributed by atoms with E-state index in [4.69, 9.17) is 4.52 Å². The lowest BCUT2D eigenvalue weighted by Gasteiger charge is -2.25. The molecule has 24 heavy (non-hydrogen) atoms. The van der Waals surface area contributed by atoms with Gasteiger partial charge in [0, 0.05) is 33.1 Å². The molecular weight excluding hydrogens is 311 g/mol. The Bertz CT molecular complexity index is 718. The van der Waals surface area contributed by atoms with Gasteiger partial charge in [0.15, 0.2) is 5.82 Å². The topological polar surface area (TPSA) is 62.5 Å². The molecule has 1 aromatic carbocycles. The maximum Gasteiger partial charge on any atom is 0.256 e. The van der Waals surface area contributed by atoms with Crippen LogP contribution >= 0.6 is 0 Å². The summed E-state index contributed by atoms with van der Waals surface area (Å²) in [5, 5.41) is 3.98. The molecule has 1 aromatic heterocycles. The number of aromatic nitrogens is 2. The summed E-state index contributed by atoms with van der Waals surface area (Å²) in [4.78, 5) is 20.8. The van der Waals surface area contributed by atoms with Crippen molar-refractivity contribution in [3.05, 3.63) is 47.4 Å². The van der Waals surface area contributed by atoms with Crippen molar-refractivity contribution in [3.63, 3.8) is 0 Å². The number of aryl methyl sites for hydroxylation is 1. The van der Waals surface area contributed by atoms with Gasteiger partial charge in [0.2, 0.25) is 5.89 Å². The Balaban J connectivity index is 1.67. The van der Waals surface area contributed by atoms with E-state index >= 15 is 0 Å². The van der Waals surface area contributed by atoms with E-state index in [1.54, 1.807) is 24.0 Å². The lowest BCUT2D eigenvalue weighted by Crippen LogP contribution is -2.36.